The third-order valence-corrected chi connectivity index (χ3v) is 3.98. The molecule has 0 fully saturated rings. The average Bonchev–Trinajstić information content (AvgIpc) is 2.61. The lowest BCUT2D eigenvalue weighted by molar-refractivity contribution is 0.0963. The number of guanidine groups is 1. The Morgan fingerprint density at radius 1 is 1.16 bits per heavy atom. The summed E-state index contributed by atoms with van der Waals surface area (Å²) < 4.78 is 0. The fourth-order valence-corrected chi connectivity index (χ4v) is 2.73. The smallest absolute Gasteiger partial charge is 0.251 e. The molecule has 0 heterocycles. The molecule has 2 N–H and O–H groups in total. The molecule has 0 aliphatic heterocycles. The van der Waals surface area contributed by atoms with Gasteiger partial charge in [-0.15, -0.1) is 0 Å². The zero-order valence-electron chi connectivity index (χ0n) is 14.7. The molecule has 0 atom stereocenters. The largest absolute Gasteiger partial charge is 0.355 e. The predicted molar refractivity (Wildman–Crippen MR) is 103 cm³/mol. The molecule has 0 saturated carbocycles. The number of nitrogens with one attached hydrogen (secondary N) is 2. The number of carbonyl (C=O) groups is 1. The Kier molecular flexibility index (Phi) is 6.83. The van der Waals surface area contributed by atoms with Crippen LogP contribution in [0.2, 0.25) is 5.02 Å². The summed E-state index contributed by atoms with van der Waals surface area (Å²) in [5.41, 5.74) is 2.77. The summed E-state index contributed by atoms with van der Waals surface area (Å²) in [5.74, 6) is 0.676. The van der Waals surface area contributed by atoms with E-state index < -0.39 is 0 Å². The van der Waals surface area contributed by atoms with Gasteiger partial charge in [-0.3, -0.25) is 9.79 Å². The van der Waals surface area contributed by atoms with Crippen LogP contribution in [0.3, 0.4) is 0 Å². The molecule has 0 radical (unpaired) electrons. The van der Waals surface area contributed by atoms with Crippen molar-refractivity contribution in [3.05, 3.63) is 70.2 Å². The van der Waals surface area contributed by atoms with E-state index in [1.54, 1.807) is 20.2 Å². The second kappa shape index (κ2) is 9.08. The van der Waals surface area contributed by atoms with E-state index in [0.29, 0.717) is 18.7 Å². The Balaban J connectivity index is 1.99. The minimum atomic E-state index is -0.0932. The van der Waals surface area contributed by atoms with Crippen LogP contribution in [0.15, 0.2) is 53.5 Å². The van der Waals surface area contributed by atoms with Gasteiger partial charge in [-0.05, 0) is 35.4 Å². The minimum Gasteiger partial charge on any atom is -0.355 e. The van der Waals surface area contributed by atoms with Gasteiger partial charge in [0.25, 0.3) is 5.91 Å². The Bertz CT molecular complexity index is 761. The first-order valence-corrected chi connectivity index (χ1v) is 8.38. The topological polar surface area (TPSA) is 56.7 Å². The number of hydrogen-bond donors (Lipinski definition) is 2. The maximum atomic E-state index is 11.7. The Hall–Kier alpha value is -2.53. The highest BCUT2D eigenvalue weighted by Crippen LogP contribution is 2.12. The van der Waals surface area contributed by atoms with Gasteiger partial charge in [0.1, 0.15) is 0 Å². The molecule has 1 amide bonds. The van der Waals surface area contributed by atoms with Crippen LogP contribution in [0, 0.1) is 0 Å². The normalized spacial score (nSPS) is 11.1. The van der Waals surface area contributed by atoms with E-state index >= 15 is 0 Å². The van der Waals surface area contributed by atoms with Crippen molar-refractivity contribution in [3.63, 3.8) is 0 Å². The third kappa shape index (κ3) is 5.50. The van der Waals surface area contributed by atoms with Gasteiger partial charge in [0.15, 0.2) is 5.96 Å². The molecule has 0 saturated heterocycles. The first-order valence-electron chi connectivity index (χ1n) is 8.00. The first-order chi connectivity index (χ1) is 12.0. The summed E-state index contributed by atoms with van der Waals surface area (Å²) in [6.07, 6.45) is 0. The van der Waals surface area contributed by atoms with Gasteiger partial charge in [-0.25, -0.2) is 0 Å². The van der Waals surface area contributed by atoms with E-state index in [0.717, 1.165) is 22.1 Å². The summed E-state index contributed by atoms with van der Waals surface area (Å²) in [4.78, 5) is 18.1. The molecule has 0 aliphatic rings. The molecule has 0 bridgehead atoms. The number of rotatable bonds is 5. The molecular formula is C19H23ClN4O. The van der Waals surface area contributed by atoms with E-state index in [-0.39, 0.29) is 5.91 Å². The highest BCUT2D eigenvalue weighted by atomic mass is 35.5. The van der Waals surface area contributed by atoms with Crippen molar-refractivity contribution >= 4 is 23.5 Å². The molecule has 5 nitrogen and oxygen atoms in total. The van der Waals surface area contributed by atoms with Crippen LogP contribution in [-0.2, 0) is 13.1 Å². The predicted octanol–water partition coefficient (Wildman–Crippen LogP) is 2.91. The molecule has 0 aromatic heterocycles. The van der Waals surface area contributed by atoms with Crippen molar-refractivity contribution in [2.24, 2.45) is 4.99 Å². The van der Waals surface area contributed by atoms with Crippen molar-refractivity contribution in [2.75, 3.05) is 21.1 Å². The van der Waals surface area contributed by atoms with Gasteiger partial charge in [-0.2, -0.15) is 0 Å². The number of amides is 1. The second-order valence-corrected chi connectivity index (χ2v) is 6.10. The van der Waals surface area contributed by atoms with Crippen molar-refractivity contribution in [2.45, 2.75) is 13.1 Å². The Morgan fingerprint density at radius 3 is 2.56 bits per heavy atom. The standard InChI is InChI=1S/C19H23ClN4O/c1-21-18(25)16-8-4-6-14(10-16)12-23-19(22-2)24(3)13-15-7-5-9-17(20)11-15/h4-11H,12-13H2,1-3H3,(H,21,25)(H,22,23). The van der Waals surface area contributed by atoms with E-state index in [1.807, 2.05) is 54.4 Å². The van der Waals surface area contributed by atoms with Gasteiger partial charge >= 0.3 is 0 Å². The molecule has 6 heteroatoms. The number of benzene rings is 2. The highest BCUT2D eigenvalue weighted by molar-refractivity contribution is 6.30. The summed E-state index contributed by atoms with van der Waals surface area (Å²) in [6.45, 7) is 1.27. The van der Waals surface area contributed by atoms with Crippen LogP contribution < -0.4 is 10.6 Å². The summed E-state index contributed by atoms with van der Waals surface area (Å²) in [6, 6.07) is 15.3. The number of nitrogens with zero attached hydrogens (tertiary/aromatic N) is 2. The zero-order valence-corrected chi connectivity index (χ0v) is 15.5. The number of hydrogen-bond acceptors (Lipinski definition) is 2. The van der Waals surface area contributed by atoms with E-state index in [2.05, 4.69) is 15.6 Å². The van der Waals surface area contributed by atoms with Crippen molar-refractivity contribution in [1.82, 2.24) is 15.5 Å². The molecule has 2 aromatic rings. The monoisotopic (exact) mass is 358 g/mol. The van der Waals surface area contributed by atoms with Gasteiger partial charge in [0.05, 0.1) is 0 Å². The van der Waals surface area contributed by atoms with Crippen molar-refractivity contribution < 1.29 is 4.79 Å². The quantitative estimate of drug-likeness (QED) is 0.638. The Morgan fingerprint density at radius 2 is 1.88 bits per heavy atom. The summed E-state index contributed by atoms with van der Waals surface area (Å²) >= 11 is 6.04. The number of halogens is 1. The maximum Gasteiger partial charge on any atom is 0.251 e. The maximum absolute atomic E-state index is 11.7. The van der Waals surface area contributed by atoms with Crippen LogP contribution in [0.4, 0.5) is 0 Å². The lowest BCUT2D eigenvalue weighted by atomic mass is 10.1. The van der Waals surface area contributed by atoms with Gasteiger partial charge < -0.3 is 15.5 Å². The third-order valence-electron chi connectivity index (χ3n) is 3.75. The molecule has 0 unspecified atom stereocenters. The average molecular weight is 359 g/mol. The van der Waals surface area contributed by atoms with Crippen LogP contribution >= 0.6 is 11.6 Å². The van der Waals surface area contributed by atoms with E-state index in [9.17, 15) is 4.79 Å². The second-order valence-electron chi connectivity index (χ2n) is 5.67. The van der Waals surface area contributed by atoms with Crippen LogP contribution in [-0.4, -0.2) is 37.9 Å². The number of carbonyl (C=O) groups excluding carboxylic acids is 1. The molecular weight excluding hydrogens is 336 g/mol. The number of aliphatic imine (C=N–C) groups is 1. The molecule has 132 valence electrons. The highest BCUT2D eigenvalue weighted by Gasteiger charge is 2.08. The molecule has 2 rings (SSSR count). The summed E-state index contributed by atoms with van der Waals surface area (Å²) in [5, 5.41) is 6.67. The van der Waals surface area contributed by atoms with Crippen LogP contribution in [0.5, 0.6) is 0 Å². The first kappa shape index (κ1) is 18.8. The van der Waals surface area contributed by atoms with Gasteiger partial charge in [0, 0.05) is 44.8 Å². The molecule has 2 aromatic carbocycles. The van der Waals surface area contributed by atoms with Gasteiger partial charge in [-0.1, -0.05) is 35.9 Å². The fourth-order valence-electron chi connectivity index (χ4n) is 2.52. The molecule has 0 spiro atoms. The van der Waals surface area contributed by atoms with Crippen molar-refractivity contribution in [3.8, 4) is 0 Å². The lowest BCUT2D eigenvalue weighted by Gasteiger charge is -2.22. The van der Waals surface area contributed by atoms with Crippen molar-refractivity contribution in [1.29, 1.82) is 0 Å². The minimum absolute atomic E-state index is 0.0932. The SMILES string of the molecule is CN=C(NCc1cccc(C(=O)NC)c1)N(C)Cc1cccc(Cl)c1. The lowest BCUT2D eigenvalue weighted by Crippen LogP contribution is -2.38. The zero-order chi connectivity index (χ0) is 18.2. The van der Waals surface area contributed by atoms with Crippen LogP contribution in [0.1, 0.15) is 21.5 Å². The van der Waals surface area contributed by atoms with Gasteiger partial charge in [0.2, 0.25) is 0 Å². The Labute approximate surface area is 153 Å². The van der Waals surface area contributed by atoms with Crippen LogP contribution in [0.25, 0.3) is 0 Å². The molecule has 25 heavy (non-hydrogen) atoms. The summed E-state index contributed by atoms with van der Waals surface area (Å²) in [7, 11) is 5.34. The van der Waals surface area contributed by atoms with E-state index in [1.165, 1.54) is 0 Å². The van der Waals surface area contributed by atoms with E-state index in [4.69, 9.17) is 11.6 Å². The molecule has 0 aliphatic carbocycles. The fraction of sp³-hybridized carbons (Fsp3) is 0.263.